The van der Waals surface area contributed by atoms with E-state index in [1.54, 1.807) is 0 Å². The molecule has 0 aromatic carbocycles. The van der Waals surface area contributed by atoms with E-state index >= 15 is 0 Å². The molecule has 0 nitrogen and oxygen atoms in total. The van der Waals surface area contributed by atoms with Crippen LogP contribution in [0.3, 0.4) is 0 Å². The van der Waals surface area contributed by atoms with Gasteiger partial charge in [-0.3, -0.25) is 0 Å². The topological polar surface area (TPSA) is 0 Å². The van der Waals surface area contributed by atoms with Crippen LogP contribution in [0.4, 0.5) is 0 Å². The highest BCUT2D eigenvalue weighted by molar-refractivity contribution is 8.00. The fraction of sp³-hybridized carbons (Fsp3) is 0.556. The monoisotopic (exact) mass is 186 g/mol. The van der Waals surface area contributed by atoms with E-state index in [0.29, 0.717) is 5.92 Å². The summed E-state index contributed by atoms with van der Waals surface area (Å²) in [6.45, 7) is 6.71. The minimum atomic E-state index is 0.681. The summed E-state index contributed by atoms with van der Waals surface area (Å²) in [6.07, 6.45) is 2.13. The summed E-state index contributed by atoms with van der Waals surface area (Å²) in [4.78, 5) is 1.54. The van der Waals surface area contributed by atoms with Gasteiger partial charge < -0.3 is 0 Å². The molecule has 1 aromatic heterocycles. The van der Waals surface area contributed by atoms with Gasteiger partial charge in [0.2, 0.25) is 0 Å². The van der Waals surface area contributed by atoms with Crippen LogP contribution in [0.2, 0.25) is 0 Å². The van der Waals surface area contributed by atoms with Crippen molar-refractivity contribution >= 4 is 23.1 Å². The van der Waals surface area contributed by atoms with Crippen molar-refractivity contribution in [3.05, 3.63) is 16.5 Å². The van der Waals surface area contributed by atoms with Crippen molar-refractivity contribution in [3.63, 3.8) is 0 Å². The Morgan fingerprint density at radius 1 is 1.45 bits per heavy atom. The highest BCUT2D eigenvalue weighted by Gasteiger charge is 2.07. The molecular weight excluding hydrogens is 172 g/mol. The van der Waals surface area contributed by atoms with Crippen LogP contribution in [0.1, 0.15) is 30.2 Å². The number of rotatable bonds is 2. The van der Waals surface area contributed by atoms with Crippen LogP contribution in [0, 0.1) is 6.92 Å². The second-order valence-corrected chi connectivity index (χ2v) is 5.16. The van der Waals surface area contributed by atoms with E-state index in [9.17, 15) is 0 Å². The van der Waals surface area contributed by atoms with Crippen molar-refractivity contribution in [1.82, 2.24) is 0 Å². The van der Waals surface area contributed by atoms with Gasteiger partial charge in [-0.2, -0.15) is 0 Å². The summed E-state index contributed by atoms with van der Waals surface area (Å²) >= 11 is 3.77. The van der Waals surface area contributed by atoms with Crippen molar-refractivity contribution in [2.75, 3.05) is 6.26 Å². The highest BCUT2D eigenvalue weighted by Crippen LogP contribution is 2.33. The predicted molar refractivity (Wildman–Crippen MR) is 54.9 cm³/mol. The fourth-order valence-corrected chi connectivity index (χ4v) is 2.95. The van der Waals surface area contributed by atoms with Gasteiger partial charge in [-0.05, 0) is 30.7 Å². The standard InChI is InChI=1S/C9H14S2/c1-6(2)9-7(3)5-8(10-4)11-9/h5-6H,1-4H3. The SMILES string of the molecule is CSc1cc(C)c(C(C)C)s1. The van der Waals surface area contributed by atoms with E-state index in [0.717, 1.165) is 0 Å². The van der Waals surface area contributed by atoms with E-state index in [1.165, 1.54) is 14.6 Å². The molecule has 0 amide bonds. The van der Waals surface area contributed by atoms with E-state index in [4.69, 9.17) is 0 Å². The molecule has 1 aromatic rings. The van der Waals surface area contributed by atoms with E-state index < -0.39 is 0 Å². The number of aryl methyl sites for hydroxylation is 1. The zero-order valence-corrected chi connectivity index (χ0v) is 9.10. The molecule has 0 unspecified atom stereocenters. The molecule has 0 atom stereocenters. The molecule has 1 heterocycles. The van der Waals surface area contributed by atoms with Crippen LogP contribution in [-0.2, 0) is 0 Å². The van der Waals surface area contributed by atoms with E-state index in [2.05, 4.69) is 33.1 Å². The Hall–Kier alpha value is 0.0500. The summed E-state index contributed by atoms with van der Waals surface area (Å²) < 4.78 is 1.44. The van der Waals surface area contributed by atoms with Gasteiger partial charge in [0.05, 0.1) is 4.21 Å². The zero-order valence-electron chi connectivity index (χ0n) is 7.47. The van der Waals surface area contributed by atoms with Gasteiger partial charge >= 0.3 is 0 Å². The smallest absolute Gasteiger partial charge is 0.0601 e. The number of thiophene rings is 1. The first-order valence-electron chi connectivity index (χ1n) is 3.79. The van der Waals surface area contributed by atoms with Crippen molar-refractivity contribution < 1.29 is 0 Å². The molecule has 11 heavy (non-hydrogen) atoms. The summed E-state index contributed by atoms with van der Waals surface area (Å²) in [6, 6.07) is 2.28. The Labute approximate surface area is 77.0 Å². The van der Waals surface area contributed by atoms with Gasteiger partial charge in [-0.25, -0.2) is 0 Å². The first kappa shape index (κ1) is 9.14. The predicted octanol–water partition coefficient (Wildman–Crippen LogP) is 3.90. The van der Waals surface area contributed by atoms with Crippen molar-refractivity contribution in [3.8, 4) is 0 Å². The molecule has 2 heteroatoms. The van der Waals surface area contributed by atoms with Crippen molar-refractivity contribution in [2.45, 2.75) is 30.9 Å². The van der Waals surface area contributed by atoms with Gasteiger partial charge in [-0.1, -0.05) is 13.8 Å². The van der Waals surface area contributed by atoms with Gasteiger partial charge in [0, 0.05) is 4.88 Å². The Morgan fingerprint density at radius 3 is 2.36 bits per heavy atom. The Morgan fingerprint density at radius 2 is 2.09 bits per heavy atom. The largest absolute Gasteiger partial charge is 0.133 e. The lowest BCUT2D eigenvalue weighted by atomic mass is 10.1. The Kier molecular flexibility index (Phi) is 3.02. The molecule has 62 valence electrons. The molecule has 0 aliphatic heterocycles. The first-order chi connectivity index (χ1) is 5.15. The average Bonchev–Trinajstić information content (AvgIpc) is 2.30. The quantitative estimate of drug-likeness (QED) is 0.631. The van der Waals surface area contributed by atoms with Gasteiger partial charge in [0.1, 0.15) is 0 Å². The number of thioether (sulfide) groups is 1. The minimum absolute atomic E-state index is 0.681. The molecule has 0 saturated carbocycles. The Bertz CT molecular complexity index is 236. The van der Waals surface area contributed by atoms with Crippen molar-refractivity contribution in [1.29, 1.82) is 0 Å². The number of hydrogen-bond donors (Lipinski definition) is 0. The number of hydrogen-bond acceptors (Lipinski definition) is 2. The molecule has 0 N–H and O–H groups in total. The molecule has 0 fully saturated rings. The molecule has 1 rings (SSSR count). The van der Waals surface area contributed by atoms with Crippen LogP contribution in [0.5, 0.6) is 0 Å². The van der Waals surface area contributed by atoms with Crippen LogP contribution in [0.15, 0.2) is 10.3 Å². The third-order valence-corrected chi connectivity index (χ3v) is 4.26. The van der Waals surface area contributed by atoms with E-state index in [1.807, 2.05) is 23.1 Å². The average molecular weight is 186 g/mol. The fourth-order valence-electron chi connectivity index (χ4n) is 1.14. The molecular formula is C9H14S2. The minimum Gasteiger partial charge on any atom is -0.133 e. The highest BCUT2D eigenvalue weighted by atomic mass is 32.2. The van der Waals surface area contributed by atoms with Gasteiger partial charge in [-0.15, -0.1) is 23.1 Å². The summed E-state index contributed by atoms with van der Waals surface area (Å²) in [5.74, 6) is 0.681. The lowest BCUT2D eigenvalue weighted by Crippen LogP contribution is -1.82. The maximum Gasteiger partial charge on any atom is 0.0601 e. The maximum absolute atomic E-state index is 2.28. The van der Waals surface area contributed by atoms with Crippen LogP contribution < -0.4 is 0 Å². The second kappa shape index (κ2) is 3.63. The molecule has 0 bridgehead atoms. The lowest BCUT2D eigenvalue weighted by Gasteiger charge is -2.00. The van der Waals surface area contributed by atoms with Gasteiger partial charge in [0.25, 0.3) is 0 Å². The normalized spacial score (nSPS) is 11.0. The molecule has 0 saturated heterocycles. The molecule has 0 aliphatic carbocycles. The zero-order chi connectivity index (χ0) is 8.43. The maximum atomic E-state index is 2.28. The Balaban J connectivity index is 2.97. The first-order valence-corrected chi connectivity index (χ1v) is 5.83. The van der Waals surface area contributed by atoms with Crippen molar-refractivity contribution in [2.24, 2.45) is 0 Å². The molecule has 0 spiro atoms. The lowest BCUT2D eigenvalue weighted by molar-refractivity contribution is 0.881. The van der Waals surface area contributed by atoms with Crippen LogP contribution in [0.25, 0.3) is 0 Å². The van der Waals surface area contributed by atoms with Gasteiger partial charge in [0.15, 0.2) is 0 Å². The second-order valence-electron chi connectivity index (χ2n) is 2.97. The molecule has 0 aliphatic rings. The summed E-state index contributed by atoms with van der Waals surface area (Å²) in [5, 5.41) is 0. The summed E-state index contributed by atoms with van der Waals surface area (Å²) in [7, 11) is 0. The van der Waals surface area contributed by atoms with E-state index in [-0.39, 0.29) is 0 Å². The third kappa shape index (κ3) is 2.00. The van der Waals surface area contributed by atoms with Crippen LogP contribution in [-0.4, -0.2) is 6.26 Å². The van der Waals surface area contributed by atoms with Crippen LogP contribution >= 0.6 is 23.1 Å². The summed E-state index contributed by atoms with van der Waals surface area (Å²) in [5.41, 5.74) is 1.45. The molecule has 0 radical (unpaired) electrons. The third-order valence-electron chi connectivity index (χ3n) is 1.66.